The van der Waals surface area contributed by atoms with E-state index in [2.05, 4.69) is 57.1 Å². The molecule has 1 saturated carbocycles. The molecule has 0 aromatic heterocycles. The maximum Gasteiger partial charge on any atom is 0.0377 e. The van der Waals surface area contributed by atoms with E-state index >= 15 is 0 Å². The van der Waals surface area contributed by atoms with Crippen LogP contribution in [0.15, 0.2) is 24.3 Å². The Morgan fingerprint density at radius 1 is 1.05 bits per heavy atom. The Hall–Kier alpha value is 0.450. The quantitative estimate of drug-likeness (QED) is 0.665. The Morgan fingerprint density at radius 2 is 1.73 bits per heavy atom. The van der Waals surface area contributed by atoms with Crippen molar-refractivity contribution in [3.63, 3.8) is 0 Å². The number of nitrogens with one attached hydrogen (secondary N) is 1. The van der Waals surface area contributed by atoms with Crippen LogP contribution in [0.1, 0.15) is 43.7 Å². The average molecular weight is 457 g/mol. The molecule has 2 fully saturated rings. The lowest BCUT2D eigenvalue weighted by atomic mass is 9.80. The zero-order chi connectivity index (χ0) is 13.8. The Bertz CT molecular complexity index is 414. The molecule has 22 heavy (non-hydrogen) atoms. The second kappa shape index (κ2) is 10.3. The van der Waals surface area contributed by atoms with Gasteiger partial charge in [0.2, 0.25) is 0 Å². The van der Waals surface area contributed by atoms with E-state index in [-0.39, 0.29) is 24.8 Å². The van der Waals surface area contributed by atoms with Gasteiger partial charge in [0.1, 0.15) is 0 Å². The van der Waals surface area contributed by atoms with Crippen molar-refractivity contribution < 1.29 is 0 Å². The molecule has 2 aliphatic rings. The van der Waals surface area contributed by atoms with E-state index in [1.54, 1.807) is 5.56 Å². The molecule has 0 spiro atoms. The molecule has 1 saturated heterocycles. The van der Waals surface area contributed by atoms with Crippen molar-refractivity contribution in [2.24, 2.45) is 5.92 Å². The third-order valence-corrected chi connectivity index (χ3v) is 5.50. The minimum absolute atomic E-state index is 0. The summed E-state index contributed by atoms with van der Waals surface area (Å²) >= 11 is 2.45. The molecule has 5 heteroatoms. The lowest BCUT2D eigenvalue weighted by Crippen LogP contribution is -2.47. The van der Waals surface area contributed by atoms with Crippen LogP contribution >= 0.6 is 47.4 Å². The number of piperazine rings is 1. The second-order valence-electron chi connectivity index (χ2n) is 6.18. The number of benzene rings is 1. The van der Waals surface area contributed by atoms with E-state index in [9.17, 15) is 0 Å². The number of halogens is 3. The highest BCUT2D eigenvalue weighted by Crippen LogP contribution is 2.38. The molecule has 1 aromatic carbocycles. The van der Waals surface area contributed by atoms with Crippen LogP contribution in [0, 0.1) is 9.49 Å². The molecule has 1 heterocycles. The van der Waals surface area contributed by atoms with Gasteiger partial charge in [0.25, 0.3) is 0 Å². The van der Waals surface area contributed by atoms with E-state index in [0.717, 1.165) is 19.0 Å². The van der Waals surface area contributed by atoms with Gasteiger partial charge in [-0.05, 0) is 59.0 Å². The van der Waals surface area contributed by atoms with E-state index < -0.39 is 0 Å². The summed E-state index contributed by atoms with van der Waals surface area (Å²) in [6.07, 6.45) is 7.13. The fourth-order valence-electron chi connectivity index (χ4n) is 3.88. The molecule has 0 radical (unpaired) electrons. The molecule has 1 aliphatic heterocycles. The topological polar surface area (TPSA) is 15.3 Å². The zero-order valence-electron chi connectivity index (χ0n) is 13.0. The Morgan fingerprint density at radius 3 is 2.36 bits per heavy atom. The fraction of sp³-hybridized carbons (Fsp3) is 0.647. The van der Waals surface area contributed by atoms with Crippen LogP contribution < -0.4 is 5.32 Å². The van der Waals surface area contributed by atoms with E-state index in [0.29, 0.717) is 6.04 Å². The molecule has 1 aromatic rings. The van der Waals surface area contributed by atoms with Gasteiger partial charge < -0.3 is 5.32 Å². The first kappa shape index (κ1) is 20.5. The smallest absolute Gasteiger partial charge is 0.0377 e. The highest BCUT2D eigenvalue weighted by molar-refractivity contribution is 14.1. The predicted octanol–water partition coefficient (Wildman–Crippen LogP) is 4.66. The highest BCUT2D eigenvalue weighted by Gasteiger charge is 2.30. The molecule has 0 amide bonds. The van der Waals surface area contributed by atoms with Crippen LogP contribution in [0.5, 0.6) is 0 Å². The molecule has 0 bridgehead atoms. The SMILES string of the molecule is Cl.Cl.Ic1cccc([C@H](C2CCCCC2)N2CCNCC2)c1. The van der Waals surface area contributed by atoms with Crippen molar-refractivity contribution in [2.45, 2.75) is 38.1 Å². The van der Waals surface area contributed by atoms with Gasteiger partial charge in [-0.1, -0.05) is 31.4 Å². The summed E-state index contributed by atoms with van der Waals surface area (Å²) in [6.45, 7) is 4.69. The summed E-state index contributed by atoms with van der Waals surface area (Å²) in [5, 5.41) is 3.49. The highest BCUT2D eigenvalue weighted by atomic mass is 127. The monoisotopic (exact) mass is 456 g/mol. The van der Waals surface area contributed by atoms with Crippen LogP contribution in [0.3, 0.4) is 0 Å². The van der Waals surface area contributed by atoms with Gasteiger partial charge in [-0.3, -0.25) is 4.90 Å². The van der Waals surface area contributed by atoms with Gasteiger partial charge in [0.15, 0.2) is 0 Å². The Kier molecular flexibility index (Phi) is 9.64. The van der Waals surface area contributed by atoms with Crippen LogP contribution in [0.25, 0.3) is 0 Å². The van der Waals surface area contributed by atoms with Gasteiger partial charge in [-0.15, -0.1) is 24.8 Å². The minimum Gasteiger partial charge on any atom is -0.314 e. The van der Waals surface area contributed by atoms with Gasteiger partial charge >= 0.3 is 0 Å². The van der Waals surface area contributed by atoms with Crippen molar-refractivity contribution in [1.29, 1.82) is 0 Å². The van der Waals surface area contributed by atoms with Gasteiger partial charge in [-0.2, -0.15) is 0 Å². The molecule has 1 N–H and O–H groups in total. The Labute approximate surface area is 160 Å². The summed E-state index contributed by atoms with van der Waals surface area (Å²) in [5.41, 5.74) is 1.55. The number of nitrogens with zero attached hydrogens (tertiary/aromatic N) is 1. The second-order valence-corrected chi connectivity index (χ2v) is 7.43. The molecule has 1 atom stereocenters. The minimum atomic E-state index is 0. The van der Waals surface area contributed by atoms with E-state index in [1.807, 2.05) is 0 Å². The van der Waals surface area contributed by atoms with E-state index in [4.69, 9.17) is 0 Å². The summed E-state index contributed by atoms with van der Waals surface area (Å²) in [6, 6.07) is 9.84. The number of hydrogen-bond donors (Lipinski definition) is 1. The first-order valence-electron chi connectivity index (χ1n) is 8.05. The number of rotatable bonds is 3. The van der Waals surface area contributed by atoms with Crippen molar-refractivity contribution in [3.05, 3.63) is 33.4 Å². The normalized spacial score (nSPS) is 21.5. The Balaban J connectivity index is 0.00000121. The lowest BCUT2D eigenvalue weighted by molar-refractivity contribution is 0.103. The van der Waals surface area contributed by atoms with Crippen molar-refractivity contribution >= 4 is 47.4 Å². The maximum absolute atomic E-state index is 3.49. The van der Waals surface area contributed by atoms with Crippen molar-refractivity contribution in [2.75, 3.05) is 26.2 Å². The average Bonchev–Trinajstić information content (AvgIpc) is 2.50. The van der Waals surface area contributed by atoms with Crippen molar-refractivity contribution in [3.8, 4) is 0 Å². The van der Waals surface area contributed by atoms with Gasteiger partial charge in [0, 0.05) is 35.8 Å². The summed E-state index contributed by atoms with van der Waals surface area (Å²) in [5.74, 6) is 0.861. The summed E-state index contributed by atoms with van der Waals surface area (Å²) < 4.78 is 1.37. The first-order valence-corrected chi connectivity index (χ1v) is 9.13. The standard InChI is InChI=1S/C17H25IN2.2ClH/c18-16-8-4-7-15(13-16)17(14-5-2-1-3-6-14)20-11-9-19-10-12-20;;/h4,7-8,13-14,17,19H,1-3,5-6,9-12H2;2*1H/t17-;;/m0../s1. The van der Waals surface area contributed by atoms with Crippen molar-refractivity contribution in [1.82, 2.24) is 10.2 Å². The zero-order valence-corrected chi connectivity index (χ0v) is 16.8. The third-order valence-electron chi connectivity index (χ3n) is 4.83. The maximum atomic E-state index is 3.49. The molecule has 2 nitrogen and oxygen atoms in total. The molecule has 3 rings (SSSR count). The molecule has 1 aliphatic carbocycles. The summed E-state index contributed by atoms with van der Waals surface area (Å²) in [4.78, 5) is 2.73. The third kappa shape index (κ3) is 5.23. The van der Waals surface area contributed by atoms with E-state index in [1.165, 1.54) is 48.8 Å². The molecular formula is C17H27Cl2IN2. The predicted molar refractivity (Wildman–Crippen MR) is 107 cm³/mol. The summed E-state index contributed by atoms with van der Waals surface area (Å²) in [7, 11) is 0. The van der Waals surface area contributed by atoms with Crippen LogP contribution in [-0.2, 0) is 0 Å². The number of hydrogen-bond acceptors (Lipinski definition) is 2. The molecular weight excluding hydrogens is 430 g/mol. The lowest BCUT2D eigenvalue weighted by Gasteiger charge is -2.41. The largest absolute Gasteiger partial charge is 0.314 e. The van der Waals surface area contributed by atoms with Crippen LogP contribution in [0.4, 0.5) is 0 Å². The fourth-order valence-corrected chi connectivity index (χ4v) is 4.45. The van der Waals surface area contributed by atoms with Crippen LogP contribution in [-0.4, -0.2) is 31.1 Å². The molecule has 0 unspecified atom stereocenters. The van der Waals surface area contributed by atoms with Crippen LogP contribution in [0.2, 0.25) is 0 Å². The molecule has 126 valence electrons. The first-order chi connectivity index (χ1) is 9.84. The van der Waals surface area contributed by atoms with Gasteiger partial charge in [-0.25, -0.2) is 0 Å². The van der Waals surface area contributed by atoms with Gasteiger partial charge in [0.05, 0.1) is 0 Å².